The molecule has 0 aliphatic carbocycles. The zero-order valence-electron chi connectivity index (χ0n) is 7.56. The summed E-state index contributed by atoms with van der Waals surface area (Å²) in [6.07, 6.45) is 2.03. The SMILES string of the molecule is O=C(NCCCCBr)c1ccc(Br)o1. The number of carbonyl (C=O) groups excluding carboxylic acids is 1. The summed E-state index contributed by atoms with van der Waals surface area (Å²) in [4.78, 5) is 11.4. The highest BCUT2D eigenvalue weighted by Gasteiger charge is 2.08. The molecule has 3 nitrogen and oxygen atoms in total. The van der Waals surface area contributed by atoms with Crippen LogP contribution in [0.4, 0.5) is 0 Å². The van der Waals surface area contributed by atoms with E-state index in [-0.39, 0.29) is 5.91 Å². The molecule has 0 unspecified atom stereocenters. The second-order valence-electron chi connectivity index (χ2n) is 2.76. The fourth-order valence-electron chi connectivity index (χ4n) is 0.945. The fourth-order valence-corrected chi connectivity index (χ4v) is 1.65. The highest BCUT2D eigenvalue weighted by Crippen LogP contribution is 2.13. The summed E-state index contributed by atoms with van der Waals surface area (Å²) in [6.45, 7) is 0.683. The lowest BCUT2D eigenvalue weighted by atomic mass is 10.3. The molecule has 0 atom stereocenters. The minimum absolute atomic E-state index is 0.162. The number of hydrogen-bond donors (Lipinski definition) is 1. The summed E-state index contributed by atoms with van der Waals surface area (Å²) in [6, 6.07) is 3.34. The topological polar surface area (TPSA) is 42.2 Å². The van der Waals surface area contributed by atoms with E-state index >= 15 is 0 Å². The summed E-state index contributed by atoms with van der Waals surface area (Å²) < 4.78 is 5.67. The van der Waals surface area contributed by atoms with Crippen LogP contribution in [0.5, 0.6) is 0 Å². The van der Waals surface area contributed by atoms with Crippen molar-refractivity contribution < 1.29 is 9.21 Å². The maximum atomic E-state index is 11.4. The van der Waals surface area contributed by atoms with Gasteiger partial charge in [-0.2, -0.15) is 0 Å². The van der Waals surface area contributed by atoms with Gasteiger partial charge in [0.05, 0.1) is 0 Å². The Kier molecular flexibility index (Phi) is 5.25. The van der Waals surface area contributed by atoms with Crippen molar-refractivity contribution in [2.45, 2.75) is 12.8 Å². The number of rotatable bonds is 5. The zero-order chi connectivity index (χ0) is 10.4. The number of nitrogens with one attached hydrogen (secondary N) is 1. The number of furan rings is 1. The van der Waals surface area contributed by atoms with Crippen molar-refractivity contribution in [1.82, 2.24) is 5.32 Å². The average molecular weight is 325 g/mol. The molecule has 1 aromatic rings. The number of carbonyl (C=O) groups is 1. The van der Waals surface area contributed by atoms with E-state index in [1.165, 1.54) is 0 Å². The molecular weight excluding hydrogens is 314 g/mol. The third-order valence-electron chi connectivity index (χ3n) is 1.64. The van der Waals surface area contributed by atoms with E-state index in [9.17, 15) is 4.79 Å². The summed E-state index contributed by atoms with van der Waals surface area (Å²) >= 11 is 6.47. The molecule has 1 heterocycles. The lowest BCUT2D eigenvalue weighted by Gasteiger charge is -2.00. The van der Waals surface area contributed by atoms with Crippen LogP contribution in [-0.4, -0.2) is 17.8 Å². The molecule has 1 aromatic heterocycles. The number of unbranched alkanes of at least 4 members (excludes halogenated alkanes) is 1. The molecule has 78 valence electrons. The standard InChI is InChI=1S/C9H11Br2NO2/c10-5-1-2-6-12-9(13)7-3-4-8(11)14-7/h3-4H,1-2,5-6H2,(H,12,13). The minimum Gasteiger partial charge on any atom is -0.444 e. The molecule has 14 heavy (non-hydrogen) atoms. The van der Waals surface area contributed by atoms with Gasteiger partial charge in [-0.25, -0.2) is 0 Å². The smallest absolute Gasteiger partial charge is 0.287 e. The van der Waals surface area contributed by atoms with E-state index in [1.807, 2.05) is 0 Å². The van der Waals surface area contributed by atoms with Crippen LogP contribution in [0.1, 0.15) is 23.4 Å². The molecule has 5 heteroatoms. The molecule has 0 bridgehead atoms. The molecule has 0 aromatic carbocycles. The van der Waals surface area contributed by atoms with E-state index in [2.05, 4.69) is 37.2 Å². The highest BCUT2D eigenvalue weighted by atomic mass is 79.9. The molecule has 1 amide bonds. The molecule has 0 saturated carbocycles. The van der Waals surface area contributed by atoms with Gasteiger partial charge < -0.3 is 9.73 Å². The lowest BCUT2D eigenvalue weighted by molar-refractivity contribution is 0.0924. The first-order chi connectivity index (χ1) is 6.74. The van der Waals surface area contributed by atoms with E-state index in [0.717, 1.165) is 18.2 Å². The van der Waals surface area contributed by atoms with Crippen LogP contribution in [0.15, 0.2) is 21.2 Å². The highest BCUT2D eigenvalue weighted by molar-refractivity contribution is 9.10. The predicted molar refractivity (Wildman–Crippen MR) is 61.8 cm³/mol. The minimum atomic E-state index is -0.162. The third kappa shape index (κ3) is 3.84. The lowest BCUT2D eigenvalue weighted by Crippen LogP contribution is -2.23. The Labute approximate surface area is 99.5 Å². The first-order valence-electron chi connectivity index (χ1n) is 4.33. The van der Waals surface area contributed by atoms with Crippen LogP contribution in [0.3, 0.4) is 0 Å². The van der Waals surface area contributed by atoms with Crippen LogP contribution in [0.25, 0.3) is 0 Å². The number of hydrogen-bond acceptors (Lipinski definition) is 2. The van der Waals surface area contributed by atoms with E-state index in [4.69, 9.17) is 4.42 Å². The number of alkyl halides is 1. The van der Waals surface area contributed by atoms with Crippen molar-refractivity contribution in [3.8, 4) is 0 Å². The number of amides is 1. The molecule has 1 N–H and O–H groups in total. The molecule has 0 radical (unpaired) electrons. The Morgan fingerprint density at radius 2 is 2.21 bits per heavy atom. The number of halogens is 2. The molecule has 0 spiro atoms. The zero-order valence-corrected chi connectivity index (χ0v) is 10.7. The summed E-state index contributed by atoms with van der Waals surface area (Å²) in [7, 11) is 0. The van der Waals surface area contributed by atoms with E-state index in [1.54, 1.807) is 12.1 Å². The quantitative estimate of drug-likeness (QED) is 0.668. The van der Waals surface area contributed by atoms with E-state index in [0.29, 0.717) is 17.0 Å². The van der Waals surface area contributed by atoms with Gasteiger partial charge in [0.2, 0.25) is 0 Å². The first-order valence-corrected chi connectivity index (χ1v) is 6.25. The van der Waals surface area contributed by atoms with Gasteiger partial charge in [-0.3, -0.25) is 4.79 Å². The molecule has 0 fully saturated rings. The Morgan fingerprint density at radius 3 is 2.79 bits per heavy atom. The van der Waals surface area contributed by atoms with Gasteiger partial charge in [-0.1, -0.05) is 15.9 Å². The van der Waals surface area contributed by atoms with Crippen LogP contribution >= 0.6 is 31.9 Å². The fraction of sp³-hybridized carbons (Fsp3) is 0.444. The third-order valence-corrected chi connectivity index (χ3v) is 2.63. The Bertz CT molecular complexity index is 299. The normalized spacial score (nSPS) is 10.1. The summed E-state index contributed by atoms with van der Waals surface area (Å²) in [5, 5.41) is 3.74. The monoisotopic (exact) mass is 323 g/mol. The second kappa shape index (κ2) is 6.24. The molecule has 0 aliphatic heterocycles. The maximum absolute atomic E-state index is 11.4. The van der Waals surface area contributed by atoms with Crippen molar-refractivity contribution in [2.75, 3.05) is 11.9 Å². The van der Waals surface area contributed by atoms with Gasteiger partial charge in [-0.05, 0) is 40.9 Å². The van der Waals surface area contributed by atoms with E-state index < -0.39 is 0 Å². The predicted octanol–water partition coefficient (Wildman–Crippen LogP) is 2.95. The Hall–Kier alpha value is -0.290. The average Bonchev–Trinajstić information content (AvgIpc) is 2.59. The van der Waals surface area contributed by atoms with Crippen LogP contribution in [0, 0.1) is 0 Å². The van der Waals surface area contributed by atoms with Crippen molar-refractivity contribution in [1.29, 1.82) is 0 Å². The Balaban J connectivity index is 2.29. The van der Waals surface area contributed by atoms with Gasteiger partial charge in [0.1, 0.15) is 0 Å². The largest absolute Gasteiger partial charge is 0.444 e. The first kappa shape index (κ1) is 11.8. The van der Waals surface area contributed by atoms with Crippen molar-refractivity contribution in [3.63, 3.8) is 0 Å². The Morgan fingerprint density at radius 1 is 1.43 bits per heavy atom. The van der Waals surface area contributed by atoms with Crippen molar-refractivity contribution in [2.24, 2.45) is 0 Å². The second-order valence-corrected chi connectivity index (χ2v) is 4.33. The summed E-state index contributed by atoms with van der Waals surface area (Å²) in [5.41, 5.74) is 0. The molecular formula is C9H11Br2NO2. The molecule has 1 rings (SSSR count). The van der Waals surface area contributed by atoms with Crippen LogP contribution in [0.2, 0.25) is 0 Å². The maximum Gasteiger partial charge on any atom is 0.287 e. The van der Waals surface area contributed by atoms with Gasteiger partial charge in [-0.15, -0.1) is 0 Å². The van der Waals surface area contributed by atoms with Gasteiger partial charge in [0, 0.05) is 11.9 Å². The van der Waals surface area contributed by atoms with Gasteiger partial charge in [0.25, 0.3) is 5.91 Å². The van der Waals surface area contributed by atoms with Crippen molar-refractivity contribution >= 4 is 37.8 Å². The molecule has 0 saturated heterocycles. The molecule has 0 aliphatic rings. The van der Waals surface area contributed by atoms with Crippen LogP contribution in [-0.2, 0) is 0 Å². The van der Waals surface area contributed by atoms with Gasteiger partial charge in [0.15, 0.2) is 10.4 Å². The van der Waals surface area contributed by atoms with Crippen molar-refractivity contribution in [3.05, 3.63) is 22.6 Å². The van der Waals surface area contributed by atoms with Crippen LogP contribution < -0.4 is 5.32 Å². The van der Waals surface area contributed by atoms with Gasteiger partial charge >= 0.3 is 0 Å². The summed E-state index contributed by atoms with van der Waals surface area (Å²) in [5.74, 6) is 0.181.